The number of likely N-dealkylation sites (tertiary alicyclic amines) is 1. The summed E-state index contributed by atoms with van der Waals surface area (Å²) in [7, 11) is 0. The lowest BCUT2D eigenvalue weighted by atomic mass is 10.1. The molecule has 1 aliphatic rings. The third-order valence-corrected chi connectivity index (χ3v) is 5.15. The van der Waals surface area contributed by atoms with Gasteiger partial charge < -0.3 is 9.88 Å². The Morgan fingerprint density at radius 1 is 1.38 bits per heavy atom. The molecule has 1 N–H and O–H groups in total. The van der Waals surface area contributed by atoms with Crippen molar-refractivity contribution in [1.29, 1.82) is 0 Å². The van der Waals surface area contributed by atoms with Crippen molar-refractivity contribution in [2.75, 3.05) is 13.1 Å². The van der Waals surface area contributed by atoms with Crippen LogP contribution in [-0.4, -0.2) is 33.4 Å². The van der Waals surface area contributed by atoms with E-state index in [2.05, 4.69) is 4.98 Å². The lowest BCUT2D eigenvalue weighted by Gasteiger charge is -2.29. The molecule has 0 aliphatic carbocycles. The molecule has 21 heavy (non-hydrogen) atoms. The number of carbonyl (C=O) groups excluding carboxylic acids is 1. The largest absolute Gasteiger partial charge is 0.341 e. The summed E-state index contributed by atoms with van der Waals surface area (Å²) in [6, 6.07) is 1.27. The molecule has 1 atom stereocenters. The van der Waals surface area contributed by atoms with Crippen LogP contribution in [0.25, 0.3) is 10.2 Å². The number of nitrogens with zero attached hydrogens (tertiary/aromatic N) is 2. The second-order valence-electron chi connectivity index (χ2n) is 5.33. The zero-order chi connectivity index (χ0) is 15.0. The molecule has 3 rings (SSSR count). The van der Waals surface area contributed by atoms with Crippen LogP contribution in [0.5, 0.6) is 0 Å². The molecule has 1 aliphatic heterocycles. The maximum atomic E-state index is 12.6. The zero-order valence-electron chi connectivity index (χ0n) is 11.8. The second kappa shape index (κ2) is 5.73. The normalized spacial score (nSPS) is 17.1. The van der Waals surface area contributed by atoms with Gasteiger partial charge in [-0.1, -0.05) is 0 Å². The fraction of sp³-hybridized carbons (Fsp3) is 0.500. The van der Waals surface area contributed by atoms with Crippen LogP contribution in [-0.2, 0) is 4.79 Å². The second-order valence-corrected chi connectivity index (χ2v) is 6.63. The number of nitrogens with one attached hydrogen (secondary N) is 1. The van der Waals surface area contributed by atoms with Gasteiger partial charge >= 0.3 is 0 Å². The molecule has 1 amide bonds. The number of thiophene rings is 1. The van der Waals surface area contributed by atoms with Crippen molar-refractivity contribution in [2.24, 2.45) is 0 Å². The summed E-state index contributed by atoms with van der Waals surface area (Å²) in [5, 5.41) is 1.85. The minimum Gasteiger partial charge on any atom is -0.341 e. The maximum Gasteiger partial charge on any atom is 0.272 e. The van der Waals surface area contributed by atoms with Gasteiger partial charge in [-0.2, -0.15) is 0 Å². The molecule has 2 aromatic rings. The number of carbonyl (C=O) groups is 1. The molecule has 0 radical (unpaired) electrons. The Hall–Kier alpha value is -1.47. The SMILES string of the molecule is CC(C(=O)N1CCCCC1)n1c(=S)[nH]c2ccsc2c1=O. The van der Waals surface area contributed by atoms with Gasteiger partial charge in [0.15, 0.2) is 4.77 Å². The molecule has 2 aromatic heterocycles. The molecule has 3 heterocycles. The number of amides is 1. The number of H-pyrrole nitrogens is 1. The third kappa shape index (κ3) is 2.55. The lowest BCUT2D eigenvalue weighted by Crippen LogP contribution is -2.42. The molecule has 112 valence electrons. The standard InChI is InChI=1S/C14H17N3O2S2/c1-9(12(18)16-6-3-2-4-7-16)17-13(19)11-10(5-8-21-11)15-14(17)20/h5,8-9H,2-4,6-7H2,1H3,(H,15,20). The zero-order valence-corrected chi connectivity index (χ0v) is 13.4. The van der Waals surface area contributed by atoms with Crippen LogP contribution in [0, 0.1) is 4.77 Å². The Bertz CT molecular complexity index is 783. The summed E-state index contributed by atoms with van der Waals surface area (Å²) < 4.78 is 2.33. The highest BCUT2D eigenvalue weighted by Gasteiger charge is 2.25. The van der Waals surface area contributed by atoms with Crippen molar-refractivity contribution in [3.63, 3.8) is 0 Å². The average Bonchev–Trinajstić information content (AvgIpc) is 2.95. The van der Waals surface area contributed by atoms with E-state index >= 15 is 0 Å². The van der Waals surface area contributed by atoms with Crippen LogP contribution in [0.3, 0.4) is 0 Å². The van der Waals surface area contributed by atoms with E-state index < -0.39 is 6.04 Å². The Balaban J connectivity index is 2.01. The van der Waals surface area contributed by atoms with Gasteiger partial charge in [-0.25, -0.2) is 0 Å². The van der Waals surface area contributed by atoms with Crippen LogP contribution < -0.4 is 5.56 Å². The van der Waals surface area contributed by atoms with Gasteiger partial charge in [-0.05, 0) is 49.9 Å². The van der Waals surface area contributed by atoms with Gasteiger partial charge in [0, 0.05) is 13.1 Å². The summed E-state index contributed by atoms with van der Waals surface area (Å²) in [6.45, 7) is 3.30. The Kier molecular flexibility index (Phi) is 3.95. The van der Waals surface area contributed by atoms with Crippen molar-refractivity contribution in [1.82, 2.24) is 14.5 Å². The van der Waals surface area contributed by atoms with Crippen LogP contribution in [0.15, 0.2) is 16.2 Å². The van der Waals surface area contributed by atoms with Gasteiger partial charge in [0.2, 0.25) is 5.91 Å². The van der Waals surface area contributed by atoms with E-state index in [4.69, 9.17) is 12.2 Å². The van der Waals surface area contributed by atoms with E-state index in [0.717, 1.165) is 31.4 Å². The summed E-state index contributed by atoms with van der Waals surface area (Å²) in [6.07, 6.45) is 3.23. The molecule has 0 aromatic carbocycles. The van der Waals surface area contributed by atoms with Gasteiger partial charge in [0.1, 0.15) is 10.7 Å². The van der Waals surface area contributed by atoms with E-state index in [1.165, 1.54) is 22.3 Å². The minimum atomic E-state index is -0.564. The first-order valence-electron chi connectivity index (χ1n) is 7.10. The Morgan fingerprint density at radius 3 is 2.81 bits per heavy atom. The molecule has 0 bridgehead atoms. The predicted octanol–water partition coefficient (Wildman–Crippen LogP) is 2.69. The molecule has 0 saturated carbocycles. The van der Waals surface area contributed by atoms with E-state index in [0.29, 0.717) is 9.47 Å². The van der Waals surface area contributed by atoms with Crippen LogP contribution in [0.2, 0.25) is 0 Å². The monoisotopic (exact) mass is 323 g/mol. The summed E-state index contributed by atoms with van der Waals surface area (Å²) in [5.41, 5.74) is 0.561. The molecule has 0 spiro atoms. The average molecular weight is 323 g/mol. The smallest absolute Gasteiger partial charge is 0.272 e. The highest BCUT2D eigenvalue weighted by atomic mass is 32.1. The van der Waals surface area contributed by atoms with E-state index in [9.17, 15) is 9.59 Å². The number of aromatic nitrogens is 2. The van der Waals surface area contributed by atoms with Crippen LogP contribution in [0.4, 0.5) is 0 Å². The topological polar surface area (TPSA) is 58.1 Å². The minimum absolute atomic E-state index is 0.0211. The number of hydrogen-bond acceptors (Lipinski definition) is 4. The predicted molar refractivity (Wildman–Crippen MR) is 86.4 cm³/mol. The summed E-state index contributed by atoms with van der Waals surface area (Å²) in [4.78, 5) is 30.0. The van der Waals surface area contributed by atoms with Gasteiger partial charge in [-0.3, -0.25) is 14.2 Å². The molecule has 1 unspecified atom stereocenters. The van der Waals surface area contributed by atoms with Crippen LogP contribution in [0.1, 0.15) is 32.2 Å². The number of fused-ring (bicyclic) bond motifs is 1. The van der Waals surface area contributed by atoms with Crippen molar-refractivity contribution >= 4 is 39.7 Å². The first-order chi connectivity index (χ1) is 10.1. The molecule has 5 nitrogen and oxygen atoms in total. The fourth-order valence-corrected chi connectivity index (χ4v) is 3.93. The first-order valence-corrected chi connectivity index (χ1v) is 8.39. The van der Waals surface area contributed by atoms with Gasteiger partial charge in [-0.15, -0.1) is 11.3 Å². The molecule has 1 saturated heterocycles. The van der Waals surface area contributed by atoms with Crippen molar-refractivity contribution in [3.05, 3.63) is 26.6 Å². The highest BCUT2D eigenvalue weighted by molar-refractivity contribution is 7.71. The molecule has 1 fully saturated rings. The summed E-state index contributed by atoms with van der Waals surface area (Å²) >= 11 is 6.64. The molecular weight excluding hydrogens is 306 g/mol. The Labute approximate surface area is 131 Å². The van der Waals surface area contributed by atoms with E-state index in [-0.39, 0.29) is 11.5 Å². The highest BCUT2D eigenvalue weighted by Crippen LogP contribution is 2.18. The number of rotatable bonds is 2. The Morgan fingerprint density at radius 2 is 2.10 bits per heavy atom. The lowest BCUT2D eigenvalue weighted by molar-refractivity contribution is -0.135. The van der Waals surface area contributed by atoms with E-state index in [1.54, 1.807) is 6.92 Å². The first kappa shape index (κ1) is 14.5. The van der Waals surface area contributed by atoms with Crippen molar-refractivity contribution in [2.45, 2.75) is 32.2 Å². The molecule has 7 heteroatoms. The van der Waals surface area contributed by atoms with Gasteiger partial charge in [0.05, 0.1) is 5.52 Å². The number of aromatic amines is 1. The summed E-state index contributed by atoms with van der Waals surface area (Å²) in [5.74, 6) is -0.0211. The molecular formula is C14H17N3O2S2. The fourth-order valence-electron chi connectivity index (χ4n) is 2.79. The quantitative estimate of drug-likeness (QED) is 0.865. The van der Waals surface area contributed by atoms with Crippen LogP contribution >= 0.6 is 23.6 Å². The number of piperidine rings is 1. The van der Waals surface area contributed by atoms with Gasteiger partial charge in [0.25, 0.3) is 5.56 Å². The number of hydrogen-bond donors (Lipinski definition) is 1. The van der Waals surface area contributed by atoms with E-state index in [1.807, 2.05) is 16.3 Å². The maximum absolute atomic E-state index is 12.6. The van der Waals surface area contributed by atoms with Crippen molar-refractivity contribution < 1.29 is 4.79 Å². The third-order valence-electron chi connectivity index (χ3n) is 3.95. The van der Waals surface area contributed by atoms with Crippen molar-refractivity contribution in [3.8, 4) is 0 Å².